The summed E-state index contributed by atoms with van der Waals surface area (Å²) in [5.41, 5.74) is 0. The van der Waals surface area contributed by atoms with Crippen LogP contribution in [0.4, 0.5) is 13.2 Å². The minimum atomic E-state index is -4.05. The third kappa shape index (κ3) is 7.64. The predicted octanol–water partition coefficient (Wildman–Crippen LogP) is 8.47. The number of alkyl halides is 3. The largest absolute Gasteiger partial charge is 0.392 e. The Morgan fingerprint density at radius 2 is 1.50 bits per heavy atom. The van der Waals surface area contributed by atoms with Crippen LogP contribution < -0.4 is 0 Å². The summed E-state index contributed by atoms with van der Waals surface area (Å²) in [4.78, 5) is 0. The second-order valence-corrected chi connectivity index (χ2v) is 8.82. The summed E-state index contributed by atoms with van der Waals surface area (Å²) < 4.78 is 39.7. The van der Waals surface area contributed by atoms with Gasteiger partial charge in [0.05, 0.1) is 5.92 Å². The maximum Gasteiger partial charge on any atom is 0.392 e. The van der Waals surface area contributed by atoms with Gasteiger partial charge in [0.2, 0.25) is 0 Å². The van der Waals surface area contributed by atoms with E-state index < -0.39 is 12.1 Å². The molecule has 2 aliphatic rings. The fourth-order valence-electron chi connectivity index (χ4n) is 5.08. The first-order chi connectivity index (χ1) is 12.5. The lowest BCUT2D eigenvalue weighted by molar-refractivity contribution is -0.175. The lowest BCUT2D eigenvalue weighted by atomic mass is 9.71. The molecule has 0 aromatic rings. The van der Waals surface area contributed by atoms with Gasteiger partial charge >= 0.3 is 6.18 Å². The Morgan fingerprint density at radius 3 is 2.12 bits per heavy atom. The lowest BCUT2D eigenvalue weighted by Crippen LogP contribution is -2.23. The van der Waals surface area contributed by atoms with Gasteiger partial charge in [-0.1, -0.05) is 76.9 Å². The van der Waals surface area contributed by atoms with Crippen LogP contribution in [-0.2, 0) is 0 Å². The standard InChI is InChI=1S/C23H39F3/c1-2-3-4-8-13-22(23(24,25)26)14-9-10-19-15-17-21(18-16-19)20-11-6-5-7-12-20/h9-10,19-22H,2-8,11-18H2,1H3. The maximum atomic E-state index is 13.2. The van der Waals surface area contributed by atoms with Gasteiger partial charge in [-0.25, -0.2) is 0 Å². The van der Waals surface area contributed by atoms with Crippen molar-refractivity contribution in [1.29, 1.82) is 0 Å². The summed E-state index contributed by atoms with van der Waals surface area (Å²) in [6, 6.07) is 0. The number of unbranched alkanes of at least 4 members (excludes halogenated alkanes) is 3. The SMILES string of the molecule is CCCCCCC(CC=CC1CCC(C2CCCCC2)CC1)C(F)(F)F. The highest BCUT2D eigenvalue weighted by molar-refractivity contribution is 4.94. The molecule has 2 rings (SSSR count). The van der Waals surface area contributed by atoms with E-state index in [-0.39, 0.29) is 6.42 Å². The van der Waals surface area contributed by atoms with Gasteiger partial charge in [0, 0.05) is 0 Å². The lowest BCUT2D eigenvalue weighted by Gasteiger charge is -2.35. The van der Waals surface area contributed by atoms with Crippen molar-refractivity contribution in [2.24, 2.45) is 23.7 Å². The van der Waals surface area contributed by atoms with Gasteiger partial charge in [0.25, 0.3) is 0 Å². The average molecular weight is 373 g/mol. The predicted molar refractivity (Wildman–Crippen MR) is 104 cm³/mol. The Morgan fingerprint density at radius 1 is 0.846 bits per heavy atom. The van der Waals surface area contributed by atoms with Crippen molar-refractivity contribution in [3.63, 3.8) is 0 Å². The van der Waals surface area contributed by atoms with Crippen LogP contribution in [0.5, 0.6) is 0 Å². The first-order valence-corrected chi connectivity index (χ1v) is 11.2. The normalized spacial score (nSPS) is 27.1. The van der Waals surface area contributed by atoms with Crippen molar-refractivity contribution in [2.75, 3.05) is 0 Å². The Labute approximate surface area is 159 Å². The average Bonchev–Trinajstić information content (AvgIpc) is 2.64. The van der Waals surface area contributed by atoms with Gasteiger partial charge in [0.1, 0.15) is 0 Å². The molecule has 2 aliphatic carbocycles. The van der Waals surface area contributed by atoms with Crippen LogP contribution in [0.2, 0.25) is 0 Å². The molecule has 0 spiro atoms. The smallest absolute Gasteiger partial charge is 0.171 e. The molecule has 0 aromatic heterocycles. The van der Waals surface area contributed by atoms with Crippen LogP contribution in [0, 0.1) is 23.7 Å². The minimum absolute atomic E-state index is 0.179. The van der Waals surface area contributed by atoms with Gasteiger partial charge in [-0.2, -0.15) is 13.2 Å². The van der Waals surface area contributed by atoms with E-state index in [2.05, 4.69) is 13.0 Å². The molecule has 0 bridgehead atoms. The van der Waals surface area contributed by atoms with E-state index in [1.165, 1.54) is 57.8 Å². The zero-order valence-electron chi connectivity index (χ0n) is 16.7. The van der Waals surface area contributed by atoms with E-state index >= 15 is 0 Å². The zero-order chi connectivity index (χ0) is 18.8. The molecule has 26 heavy (non-hydrogen) atoms. The van der Waals surface area contributed by atoms with E-state index in [0.717, 1.165) is 31.1 Å². The number of rotatable bonds is 9. The molecule has 3 heteroatoms. The molecular formula is C23H39F3. The summed E-state index contributed by atoms with van der Waals surface area (Å²) in [6.45, 7) is 2.09. The summed E-state index contributed by atoms with van der Waals surface area (Å²) in [7, 11) is 0. The number of halogens is 3. The summed E-state index contributed by atoms with van der Waals surface area (Å²) >= 11 is 0. The minimum Gasteiger partial charge on any atom is -0.171 e. The van der Waals surface area contributed by atoms with E-state index in [1.54, 1.807) is 0 Å². The van der Waals surface area contributed by atoms with Crippen molar-refractivity contribution in [3.05, 3.63) is 12.2 Å². The van der Waals surface area contributed by atoms with Gasteiger partial charge in [-0.3, -0.25) is 0 Å². The zero-order valence-corrected chi connectivity index (χ0v) is 16.7. The highest BCUT2D eigenvalue weighted by atomic mass is 19.4. The Kier molecular flexibility index (Phi) is 9.56. The van der Waals surface area contributed by atoms with Crippen molar-refractivity contribution >= 4 is 0 Å². The van der Waals surface area contributed by atoms with E-state index in [9.17, 15) is 13.2 Å². The van der Waals surface area contributed by atoms with Gasteiger partial charge in [0.15, 0.2) is 0 Å². The monoisotopic (exact) mass is 372 g/mol. The van der Waals surface area contributed by atoms with Crippen molar-refractivity contribution in [1.82, 2.24) is 0 Å². The fourth-order valence-corrected chi connectivity index (χ4v) is 5.08. The quantitative estimate of drug-likeness (QED) is 0.281. The van der Waals surface area contributed by atoms with E-state index in [1.807, 2.05) is 6.08 Å². The molecule has 0 aromatic carbocycles. The first-order valence-electron chi connectivity index (χ1n) is 11.2. The Hall–Kier alpha value is -0.470. The van der Waals surface area contributed by atoms with Crippen LogP contribution in [0.1, 0.15) is 103 Å². The molecule has 0 radical (unpaired) electrons. The van der Waals surface area contributed by atoms with Crippen molar-refractivity contribution in [2.45, 2.75) is 109 Å². The second-order valence-electron chi connectivity index (χ2n) is 8.82. The first kappa shape index (κ1) is 21.8. The Bertz CT molecular complexity index is 385. The van der Waals surface area contributed by atoms with Crippen LogP contribution in [0.3, 0.4) is 0 Å². The topological polar surface area (TPSA) is 0 Å². The Balaban J connectivity index is 1.70. The number of hydrogen-bond acceptors (Lipinski definition) is 0. The summed E-state index contributed by atoms with van der Waals surface area (Å²) in [5.74, 6) is 1.20. The van der Waals surface area contributed by atoms with Gasteiger partial charge < -0.3 is 0 Å². The molecular weight excluding hydrogens is 333 g/mol. The van der Waals surface area contributed by atoms with Gasteiger partial charge in [-0.05, 0) is 56.3 Å². The maximum absolute atomic E-state index is 13.2. The summed E-state index contributed by atoms with van der Waals surface area (Å²) in [6.07, 6.45) is 16.1. The van der Waals surface area contributed by atoms with E-state index in [4.69, 9.17) is 0 Å². The number of allylic oxidation sites excluding steroid dienone is 2. The molecule has 2 fully saturated rings. The van der Waals surface area contributed by atoms with Crippen LogP contribution in [-0.4, -0.2) is 6.18 Å². The molecule has 0 N–H and O–H groups in total. The molecule has 1 atom stereocenters. The highest BCUT2D eigenvalue weighted by Crippen LogP contribution is 2.40. The molecule has 0 heterocycles. The molecule has 1 unspecified atom stereocenters. The molecule has 0 aliphatic heterocycles. The molecule has 2 saturated carbocycles. The fraction of sp³-hybridized carbons (Fsp3) is 0.913. The third-order valence-electron chi connectivity index (χ3n) is 6.83. The second kappa shape index (κ2) is 11.4. The van der Waals surface area contributed by atoms with Crippen LogP contribution >= 0.6 is 0 Å². The van der Waals surface area contributed by atoms with Crippen molar-refractivity contribution in [3.8, 4) is 0 Å². The molecule has 0 saturated heterocycles. The third-order valence-corrected chi connectivity index (χ3v) is 6.83. The molecule has 0 amide bonds. The number of hydrogen-bond donors (Lipinski definition) is 0. The molecule has 0 nitrogen and oxygen atoms in total. The van der Waals surface area contributed by atoms with Crippen molar-refractivity contribution < 1.29 is 13.2 Å². The van der Waals surface area contributed by atoms with Crippen LogP contribution in [0.15, 0.2) is 12.2 Å². The molecule has 152 valence electrons. The van der Waals surface area contributed by atoms with Gasteiger partial charge in [-0.15, -0.1) is 0 Å². The van der Waals surface area contributed by atoms with E-state index in [0.29, 0.717) is 18.8 Å². The highest BCUT2D eigenvalue weighted by Gasteiger charge is 2.38. The van der Waals surface area contributed by atoms with Crippen LogP contribution in [0.25, 0.3) is 0 Å². The summed E-state index contributed by atoms with van der Waals surface area (Å²) in [5, 5.41) is 0.